The molecule has 4 heteroatoms. The van der Waals surface area contributed by atoms with Crippen LogP contribution in [0.2, 0.25) is 0 Å². The van der Waals surface area contributed by atoms with Crippen molar-refractivity contribution < 1.29 is 13.9 Å². The molecule has 1 aromatic rings. The Bertz CT molecular complexity index is 337. The number of methoxy groups -OCH3 is 1. The van der Waals surface area contributed by atoms with Crippen molar-refractivity contribution >= 4 is 0 Å². The molecule has 0 radical (unpaired) electrons. The number of ether oxygens (including phenoxy) is 2. The summed E-state index contributed by atoms with van der Waals surface area (Å²) in [4.78, 5) is 0. The summed E-state index contributed by atoms with van der Waals surface area (Å²) in [6.45, 7) is 2.11. The van der Waals surface area contributed by atoms with Gasteiger partial charge in [-0.05, 0) is 17.7 Å². The molecule has 1 aliphatic heterocycles. The number of benzene rings is 1. The van der Waals surface area contributed by atoms with E-state index in [0.29, 0.717) is 6.61 Å². The van der Waals surface area contributed by atoms with Crippen molar-refractivity contribution in [2.45, 2.75) is 6.04 Å². The molecule has 1 heterocycles. The normalized spacial score (nSPS) is 21.3. The molecule has 2 rings (SSSR count). The van der Waals surface area contributed by atoms with Gasteiger partial charge in [0, 0.05) is 6.54 Å². The van der Waals surface area contributed by atoms with Gasteiger partial charge in [0.25, 0.3) is 0 Å². The molecular weight excluding hydrogens is 197 g/mol. The van der Waals surface area contributed by atoms with Crippen LogP contribution < -0.4 is 10.1 Å². The van der Waals surface area contributed by atoms with Gasteiger partial charge in [0.1, 0.15) is 0 Å². The van der Waals surface area contributed by atoms with Crippen LogP contribution in [0.1, 0.15) is 11.6 Å². The van der Waals surface area contributed by atoms with Crippen LogP contribution in [0.5, 0.6) is 5.75 Å². The largest absolute Gasteiger partial charge is 0.494 e. The Balaban J connectivity index is 2.17. The summed E-state index contributed by atoms with van der Waals surface area (Å²) >= 11 is 0. The van der Waals surface area contributed by atoms with Gasteiger partial charge < -0.3 is 14.8 Å². The lowest BCUT2D eigenvalue weighted by atomic mass is 10.1. The van der Waals surface area contributed by atoms with Crippen LogP contribution in [0, 0.1) is 5.82 Å². The number of morpholine rings is 1. The monoisotopic (exact) mass is 211 g/mol. The van der Waals surface area contributed by atoms with Crippen molar-refractivity contribution in [2.24, 2.45) is 0 Å². The van der Waals surface area contributed by atoms with E-state index in [2.05, 4.69) is 5.32 Å². The van der Waals surface area contributed by atoms with E-state index in [1.807, 2.05) is 6.07 Å². The fraction of sp³-hybridized carbons (Fsp3) is 0.455. The van der Waals surface area contributed by atoms with Crippen molar-refractivity contribution in [1.29, 1.82) is 0 Å². The lowest BCUT2D eigenvalue weighted by molar-refractivity contribution is 0.0767. The van der Waals surface area contributed by atoms with E-state index >= 15 is 0 Å². The second kappa shape index (κ2) is 4.59. The van der Waals surface area contributed by atoms with Crippen molar-refractivity contribution in [3.8, 4) is 5.75 Å². The Morgan fingerprint density at radius 3 is 3.00 bits per heavy atom. The number of hydrogen-bond donors (Lipinski definition) is 1. The standard InChI is InChI=1S/C11H14FNO2/c1-14-11-3-2-8(6-9(11)12)10-7-15-5-4-13-10/h2-3,6,10,13H,4-5,7H2,1H3. The minimum absolute atomic E-state index is 0.0826. The van der Waals surface area contributed by atoms with Gasteiger partial charge in [-0.2, -0.15) is 0 Å². The maximum absolute atomic E-state index is 13.4. The van der Waals surface area contributed by atoms with Gasteiger partial charge in [0.2, 0.25) is 0 Å². The summed E-state index contributed by atoms with van der Waals surface area (Å²) in [5.41, 5.74) is 0.896. The van der Waals surface area contributed by atoms with Gasteiger partial charge in [-0.15, -0.1) is 0 Å². The van der Waals surface area contributed by atoms with Gasteiger partial charge >= 0.3 is 0 Å². The van der Waals surface area contributed by atoms with E-state index in [4.69, 9.17) is 9.47 Å². The average molecular weight is 211 g/mol. The van der Waals surface area contributed by atoms with Crippen LogP contribution in [0.25, 0.3) is 0 Å². The molecule has 1 saturated heterocycles. The van der Waals surface area contributed by atoms with Gasteiger partial charge in [0.15, 0.2) is 11.6 Å². The molecule has 15 heavy (non-hydrogen) atoms. The van der Waals surface area contributed by atoms with Crippen LogP contribution >= 0.6 is 0 Å². The molecule has 1 aliphatic rings. The van der Waals surface area contributed by atoms with Crippen LogP contribution in [0.15, 0.2) is 18.2 Å². The summed E-state index contributed by atoms with van der Waals surface area (Å²) in [5, 5.41) is 3.27. The first-order valence-electron chi connectivity index (χ1n) is 4.96. The van der Waals surface area contributed by atoms with Crippen molar-refractivity contribution in [2.75, 3.05) is 26.9 Å². The Morgan fingerprint density at radius 1 is 1.53 bits per heavy atom. The predicted molar refractivity (Wildman–Crippen MR) is 54.5 cm³/mol. The average Bonchev–Trinajstić information content (AvgIpc) is 2.30. The molecule has 0 bridgehead atoms. The molecule has 1 fully saturated rings. The van der Waals surface area contributed by atoms with E-state index in [-0.39, 0.29) is 17.6 Å². The first-order valence-corrected chi connectivity index (χ1v) is 4.96. The second-order valence-corrected chi connectivity index (χ2v) is 3.48. The quantitative estimate of drug-likeness (QED) is 0.804. The Kier molecular flexibility index (Phi) is 3.18. The molecule has 0 amide bonds. The third-order valence-corrected chi connectivity index (χ3v) is 2.50. The third-order valence-electron chi connectivity index (χ3n) is 2.50. The van der Waals surface area contributed by atoms with Crippen LogP contribution in [0.4, 0.5) is 4.39 Å². The summed E-state index contributed by atoms with van der Waals surface area (Å²) in [7, 11) is 1.46. The fourth-order valence-electron chi connectivity index (χ4n) is 1.68. The van der Waals surface area contributed by atoms with E-state index in [9.17, 15) is 4.39 Å². The lowest BCUT2D eigenvalue weighted by Gasteiger charge is -2.24. The maximum Gasteiger partial charge on any atom is 0.165 e. The Morgan fingerprint density at radius 2 is 2.40 bits per heavy atom. The van der Waals surface area contributed by atoms with Gasteiger partial charge in [-0.1, -0.05) is 6.07 Å². The smallest absolute Gasteiger partial charge is 0.165 e. The van der Waals surface area contributed by atoms with E-state index in [0.717, 1.165) is 18.7 Å². The number of hydrogen-bond acceptors (Lipinski definition) is 3. The van der Waals surface area contributed by atoms with Crippen LogP contribution in [-0.2, 0) is 4.74 Å². The first kappa shape index (κ1) is 10.4. The van der Waals surface area contributed by atoms with E-state index < -0.39 is 0 Å². The molecule has 0 aliphatic carbocycles. The molecule has 1 atom stereocenters. The highest BCUT2D eigenvalue weighted by Crippen LogP contribution is 2.22. The molecule has 82 valence electrons. The maximum atomic E-state index is 13.4. The highest BCUT2D eigenvalue weighted by atomic mass is 19.1. The zero-order valence-electron chi connectivity index (χ0n) is 8.63. The van der Waals surface area contributed by atoms with Gasteiger partial charge in [-0.25, -0.2) is 4.39 Å². The third kappa shape index (κ3) is 2.27. The number of rotatable bonds is 2. The summed E-state index contributed by atoms with van der Waals surface area (Å²) < 4.78 is 23.6. The fourth-order valence-corrected chi connectivity index (χ4v) is 1.68. The molecular formula is C11H14FNO2. The molecule has 1 aromatic carbocycles. The highest BCUT2D eigenvalue weighted by Gasteiger charge is 2.16. The molecule has 1 unspecified atom stereocenters. The minimum atomic E-state index is -0.331. The summed E-state index contributed by atoms with van der Waals surface area (Å²) in [6, 6.07) is 5.07. The number of nitrogens with one attached hydrogen (secondary N) is 1. The minimum Gasteiger partial charge on any atom is -0.494 e. The Hall–Kier alpha value is -1.13. The zero-order chi connectivity index (χ0) is 10.7. The summed E-state index contributed by atoms with van der Waals surface area (Å²) in [5.74, 6) is -0.0575. The number of halogens is 1. The van der Waals surface area contributed by atoms with E-state index in [1.54, 1.807) is 6.07 Å². The topological polar surface area (TPSA) is 30.5 Å². The lowest BCUT2D eigenvalue weighted by Crippen LogP contribution is -2.34. The molecule has 0 spiro atoms. The SMILES string of the molecule is COc1ccc(C2COCCN2)cc1F. The predicted octanol–water partition coefficient (Wildman–Crippen LogP) is 1.50. The van der Waals surface area contributed by atoms with Gasteiger partial charge in [-0.3, -0.25) is 0 Å². The molecule has 0 saturated carbocycles. The summed E-state index contributed by atoms with van der Waals surface area (Å²) in [6.07, 6.45) is 0. The van der Waals surface area contributed by atoms with Crippen LogP contribution in [0.3, 0.4) is 0 Å². The van der Waals surface area contributed by atoms with Gasteiger partial charge in [0.05, 0.1) is 26.4 Å². The van der Waals surface area contributed by atoms with E-state index in [1.165, 1.54) is 13.2 Å². The second-order valence-electron chi connectivity index (χ2n) is 3.48. The highest BCUT2D eigenvalue weighted by molar-refractivity contribution is 5.31. The van der Waals surface area contributed by atoms with Crippen molar-refractivity contribution in [3.05, 3.63) is 29.6 Å². The molecule has 1 N–H and O–H groups in total. The molecule has 0 aromatic heterocycles. The van der Waals surface area contributed by atoms with Crippen molar-refractivity contribution in [1.82, 2.24) is 5.32 Å². The Labute approximate surface area is 88.2 Å². The molecule has 3 nitrogen and oxygen atoms in total. The first-order chi connectivity index (χ1) is 7.31. The van der Waals surface area contributed by atoms with Crippen molar-refractivity contribution in [3.63, 3.8) is 0 Å². The zero-order valence-corrected chi connectivity index (χ0v) is 8.63. The van der Waals surface area contributed by atoms with Crippen LogP contribution in [-0.4, -0.2) is 26.9 Å².